The van der Waals surface area contributed by atoms with Crippen molar-refractivity contribution in [3.05, 3.63) is 29.8 Å². The number of carbonyl (C=O) groups excluding carboxylic acids is 1. The minimum absolute atomic E-state index is 0.00886. The summed E-state index contributed by atoms with van der Waals surface area (Å²) in [4.78, 5) is 12.2. The number of nitrogens with one attached hydrogen (secondary N) is 1. The molecule has 1 aliphatic rings. The van der Waals surface area contributed by atoms with E-state index in [2.05, 4.69) is 17.5 Å². The van der Waals surface area contributed by atoms with Crippen LogP contribution in [0.1, 0.15) is 24.8 Å². The molecule has 1 aliphatic carbocycles. The van der Waals surface area contributed by atoms with Gasteiger partial charge in [0.15, 0.2) is 11.5 Å². The monoisotopic (exact) mass is 305 g/mol. The molecule has 0 saturated heterocycles. The van der Waals surface area contributed by atoms with Crippen molar-refractivity contribution in [3.8, 4) is 17.2 Å². The number of amides is 1. The molecule has 2 rings (SSSR count). The van der Waals surface area contributed by atoms with E-state index >= 15 is 0 Å². The van der Waals surface area contributed by atoms with Crippen molar-refractivity contribution >= 4 is 5.91 Å². The molecule has 1 atom stereocenters. The Kier molecular flexibility index (Phi) is 5.69. The molecular weight excluding hydrogens is 282 g/mol. The van der Waals surface area contributed by atoms with E-state index in [1.165, 1.54) is 0 Å². The molecule has 5 heteroatoms. The maximum atomic E-state index is 12.2. The molecule has 0 aromatic heterocycles. The first kappa shape index (κ1) is 16.2. The van der Waals surface area contributed by atoms with Gasteiger partial charge in [-0.05, 0) is 37.0 Å². The van der Waals surface area contributed by atoms with E-state index in [0.29, 0.717) is 17.2 Å². The third-order valence-electron chi connectivity index (χ3n) is 3.72. The van der Waals surface area contributed by atoms with Crippen molar-refractivity contribution in [2.24, 2.45) is 0 Å². The molecule has 1 aromatic carbocycles. The summed E-state index contributed by atoms with van der Waals surface area (Å²) in [7, 11) is 4.69. The fourth-order valence-electron chi connectivity index (χ4n) is 2.63. The second kappa shape index (κ2) is 7.73. The lowest BCUT2D eigenvalue weighted by Gasteiger charge is -2.19. The van der Waals surface area contributed by atoms with Crippen molar-refractivity contribution in [2.75, 3.05) is 21.3 Å². The summed E-state index contributed by atoms with van der Waals surface area (Å²) in [6.45, 7) is 0. The number of hydrogen-bond donors (Lipinski definition) is 1. The van der Waals surface area contributed by atoms with Crippen LogP contribution in [0.25, 0.3) is 0 Å². The molecule has 5 nitrogen and oxygen atoms in total. The summed E-state index contributed by atoms with van der Waals surface area (Å²) >= 11 is 0. The number of allylic oxidation sites excluding steroid dienone is 1. The van der Waals surface area contributed by atoms with Crippen molar-refractivity contribution in [2.45, 2.75) is 31.7 Å². The van der Waals surface area contributed by atoms with Crippen LogP contribution in [0.15, 0.2) is 24.3 Å². The molecular formula is C17H23NO4. The summed E-state index contributed by atoms with van der Waals surface area (Å²) in [5, 5.41) is 3.07. The summed E-state index contributed by atoms with van der Waals surface area (Å²) in [6, 6.07) is 3.85. The third kappa shape index (κ3) is 3.93. The standard InChI is InChI=1S/C17H23NO4/c1-20-14-9-12(10-15(21-2)17(14)22-3)11-16(19)18-13-7-5-4-6-8-13/h4-5,9-10,13H,6-8,11H2,1-3H3,(H,18,19). The first-order chi connectivity index (χ1) is 10.7. The van der Waals surface area contributed by atoms with Gasteiger partial charge < -0.3 is 19.5 Å². The van der Waals surface area contributed by atoms with E-state index in [-0.39, 0.29) is 18.4 Å². The Bertz CT molecular complexity index is 529. The first-order valence-electron chi connectivity index (χ1n) is 7.41. The predicted octanol–water partition coefficient (Wildman–Crippen LogP) is 2.48. The van der Waals surface area contributed by atoms with Gasteiger partial charge in [-0.3, -0.25) is 4.79 Å². The molecule has 1 N–H and O–H groups in total. The van der Waals surface area contributed by atoms with Gasteiger partial charge >= 0.3 is 0 Å². The van der Waals surface area contributed by atoms with Gasteiger partial charge in [-0.1, -0.05) is 12.2 Å². The second-order valence-corrected chi connectivity index (χ2v) is 5.26. The third-order valence-corrected chi connectivity index (χ3v) is 3.72. The molecule has 0 bridgehead atoms. The van der Waals surface area contributed by atoms with Crippen LogP contribution in [0.4, 0.5) is 0 Å². The minimum Gasteiger partial charge on any atom is -0.493 e. The highest BCUT2D eigenvalue weighted by atomic mass is 16.5. The van der Waals surface area contributed by atoms with E-state index in [4.69, 9.17) is 14.2 Å². The van der Waals surface area contributed by atoms with Crippen LogP contribution in [0.2, 0.25) is 0 Å². The summed E-state index contributed by atoms with van der Waals surface area (Å²) in [5.74, 6) is 1.66. The maximum absolute atomic E-state index is 12.2. The van der Waals surface area contributed by atoms with E-state index in [1.54, 1.807) is 21.3 Å². The lowest BCUT2D eigenvalue weighted by atomic mass is 10.0. The molecule has 0 heterocycles. The predicted molar refractivity (Wildman–Crippen MR) is 84.7 cm³/mol. The van der Waals surface area contributed by atoms with Crippen LogP contribution >= 0.6 is 0 Å². The molecule has 22 heavy (non-hydrogen) atoms. The van der Waals surface area contributed by atoms with Gasteiger partial charge in [0.05, 0.1) is 27.8 Å². The van der Waals surface area contributed by atoms with E-state index in [0.717, 1.165) is 24.8 Å². The average molecular weight is 305 g/mol. The van der Waals surface area contributed by atoms with Crippen LogP contribution in [-0.2, 0) is 11.2 Å². The average Bonchev–Trinajstić information content (AvgIpc) is 2.54. The number of hydrogen-bond acceptors (Lipinski definition) is 4. The highest BCUT2D eigenvalue weighted by Gasteiger charge is 2.17. The zero-order chi connectivity index (χ0) is 15.9. The number of carbonyl (C=O) groups is 1. The molecule has 0 saturated carbocycles. The van der Waals surface area contributed by atoms with Crippen molar-refractivity contribution in [1.29, 1.82) is 0 Å². The van der Waals surface area contributed by atoms with Gasteiger partial charge in [0, 0.05) is 6.04 Å². The normalized spacial score (nSPS) is 17.0. The molecule has 1 amide bonds. The van der Waals surface area contributed by atoms with Gasteiger partial charge in [0.2, 0.25) is 11.7 Å². The van der Waals surface area contributed by atoms with Gasteiger partial charge in [-0.2, -0.15) is 0 Å². The van der Waals surface area contributed by atoms with Gasteiger partial charge in [-0.15, -0.1) is 0 Å². The van der Waals surface area contributed by atoms with E-state index < -0.39 is 0 Å². The number of rotatable bonds is 6. The smallest absolute Gasteiger partial charge is 0.224 e. The van der Waals surface area contributed by atoms with Crippen LogP contribution in [0, 0.1) is 0 Å². The van der Waals surface area contributed by atoms with Gasteiger partial charge in [-0.25, -0.2) is 0 Å². The molecule has 120 valence electrons. The highest BCUT2D eigenvalue weighted by molar-refractivity contribution is 5.79. The van der Waals surface area contributed by atoms with Gasteiger partial charge in [0.25, 0.3) is 0 Å². The number of methoxy groups -OCH3 is 3. The molecule has 1 aromatic rings. The maximum Gasteiger partial charge on any atom is 0.224 e. The van der Waals surface area contributed by atoms with E-state index in [9.17, 15) is 4.79 Å². The SMILES string of the molecule is COc1cc(CC(=O)NC2CC=CCC2)cc(OC)c1OC. The molecule has 0 spiro atoms. The van der Waals surface area contributed by atoms with Crippen LogP contribution in [0.5, 0.6) is 17.2 Å². The fraction of sp³-hybridized carbons (Fsp3) is 0.471. The van der Waals surface area contributed by atoms with Crippen molar-refractivity contribution in [1.82, 2.24) is 5.32 Å². The summed E-state index contributed by atoms with van der Waals surface area (Å²) in [5.41, 5.74) is 0.832. The fourth-order valence-corrected chi connectivity index (χ4v) is 2.63. The van der Waals surface area contributed by atoms with Crippen molar-refractivity contribution in [3.63, 3.8) is 0 Å². The molecule has 0 radical (unpaired) electrons. The quantitative estimate of drug-likeness (QED) is 0.820. The first-order valence-corrected chi connectivity index (χ1v) is 7.41. The topological polar surface area (TPSA) is 56.8 Å². The molecule has 0 aliphatic heterocycles. The highest BCUT2D eigenvalue weighted by Crippen LogP contribution is 2.38. The number of ether oxygens (including phenoxy) is 3. The second-order valence-electron chi connectivity index (χ2n) is 5.26. The zero-order valence-corrected chi connectivity index (χ0v) is 13.3. The Morgan fingerprint density at radius 3 is 2.32 bits per heavy atom. The number of benzene rings is 1. The van der Waals surface area contributed by atoms with Crippen LogP contribution < -0.4 is 19.5 Å². The minimum atomic E-state index is 0.00886. The molecule has 1 unspecified atom stereocenters. The Morgan fingerprint density at radius 2 is 1.82 bits per heavy atom. The lowest BCUT2D eigenvalue weighted by Crippen LogP contribution is -2.36. The Balaban J connectivity index is 2.08. The molecule has 0 fully saturated rings. The summed E-state index contributed by atoms with van der Waals surface area (Å²) in [6.07, 6.45) is 7.49. The Morgan fingerprint density at radius 1 is 1.14 bits per heavy atom. The lowest BCUT2D eigenvalue weighted by molar-refractivity contribution is -0.121. The van der Waals surface area contributed by atoms with E-state index in [1.807, 2.05) is 12.1 Å². The Hall–Kier alpha value is -2.17. The zero-order valence-electron chi connectivity index (χ0n) is 13.3. The van der Waals surface area contributed by atoms with Crippen molar-refractivity contribution < 1.29 is 19.0 Å². The largest absolute Gasteiger partial charge is 0.493 e. The van der Waals surface area contributed by atoms with Crippen LogP contribution in [-0.4, -0.2) is 33.3 Å². The van der Waals surface area contributed by atoms with Crippen LogP contribution in [0.3, 0.4) is 0 Å². The van der Waals surface area contributed by atoms with Gasteiger partial charge in [0.1, 0.15) is 0 Å². The Labute approximate surface area is 131 Å². The summed E-state index contributed by atoms with van der Waals surface area (Å²) < 4.78 is 15.9.